The van der Waals surface area contributed by atoms with Crippen LogP contribution in [0.15, 0.2) is 46.9 Å². The molecule has 0 aromatic heterocycles. The third-order valence-electron chi connectivity index (χ3n) is 3.66. The molecule has 0 heterocycles. The maximum Gasteiger partial charge on any atom is 0.276 e. The van der Waals surface area contributed by atoms with Gasteiger partial charge in [-0.05, 0) is 53.2 Å². The lowest BCUT2D eigenvalue weighted by atomic mass is 10.2. The van der Waals surface area contributed by atoms with Gasteiger partial charge >= 0.3 is 0 Å². The highest BCUT2D eigenvalue weighted by molar-refractivity contribution is 9.10. The van der Waals surface area contributed by atoms with Gasteiger partial charge in [0.2, 0.25) is 5.91 Å². The third kappa shape index (κ3) is 7.36. The van der Waals surface area contributed by atoms with Crippen LogP contribution >= 0.6 is 15.9 Å². The highest BCUT2D eigenvalue weighted by Crippen LogP contribution is 2.26. The number of halogens is 2. The molecule has 2 rings (SSSR count). The van der Waals surface area contributed by atoms with Crippen LogP contribution in [0.4, 0.5) is 4.39 Å². The molecule has 2 aromatic rings. The second-order valence-corrected chi connectivity index (χ2v) is 6.75. The van der Waals surface area contributed by atoms with Crippen LogP contribution in [0.3, 0.4) is 0 Å². The van der Waals surface area contributed by atoms with Crippen LogP contribution in [0.2, 0.25) is 0 Å². The Morgan fingerprint density at radius 1 is 1.00 bits per heavy atom. The lowest BCUT2D eigenvalue weighted by Crippen LogP contribution is -2.44. The molecule has 0 bridgehead atoms. The number of ether oxygens (including phenoxy) is 2. The number of hydrogen-bond acceptors (Lipinski definition) is 5. The highest BCUT2D eigenvalue weighted by Gasteiger charge is 2.12. The van der Waals surface area contributed by atoms with Crippen molar-refractivity contribution in [1.29, 1.82) is 0 Å². The number of carbonyl (C=O) groups is 3. The molecule has 0 saturated carbocycles. The first-order valence-electron chi connectivity index (χ1n) is 9.06. The van der Waals surface area contributed by atoms with Gasteiger partial charge in [-0.25, -0.2) is 4.39 Å². The first-order valence-corrected chi connectivity index (χ1v) is 9.85. The molecule has 0 aliphatic rings. The molecule has 0 spiro atoms. The minimum absolute atomic E-state index is 0.00171. The Balaban J connectivity index is 1.69. The number of carbonyl (C=O) groups excluding carboxylic acids is 3. The summed E-state index contributed by atoms with van der Waals surface area (Å²) in [4.78, 5) is 35.6. The predicted molar refractivity (Wildman–Crippen MR) is 110 cm³/mol. The summed E-state index contributed by atoms with van der Waals surface area (Å²) in [6.45, 7) is 1.96. The van der Waals surface area contributed by atoms with Gasteiger partial charge in [0.1, 0.15) is 5.82 Å². The van der Waals surface area contributed by atoms with Crippen molar-refractivity contribution in [2.45, 2.75) is 13.3 Å². The maximum absolute atomic E-state index is 13.2. The van der Waals surface area contributed by atoms with Crippen molar-refractivity contribution in [2.75, 3.05) is 19.8 Å². The van der Waals surface area contributed by atoms with E-state index in [-0.39, 0.29) is 25.1 Å². The molecule has 0 fully saturated rings. The summed E-state index contributed by atoms with van der Waals surface area (Å²) in [5.41, 5.74) is 4.56. The van der Waals surface area contributed by atoms with Crippen LogP contribution in [0.1, 0.15) is 23.7 Å². The number of hydrazine groups is 1. The van der Waals surface area contributed by atoms with Gasteiger partial charge in [-0.3, -0.25) is 25.2 Å². The van der Waals surface area contributed by atoms with Crippen LogP contribution in [0.5, 0.6) is 11.5 Å². The number of benzene rings is 2. The topological polar surface area (TPSA) is 106 Å². The van der Waals surface area contributed by atoms with Gasteiger partial charge in [0.05, 0.1) is 12.2 Å². The molecule has 10 heteroatoms. The molecule has 0 aliphatic carbocycles. The van der Waals surface area contributed by atoms with Gasteiger partial charge in [0, 0.05) is 17.4 Å². The fourth-order valence-electron chi connectivity index (χ4n) is 2.28. The second-order valence-electron chi connectivity index (χ2n) is 5.89. The van der Waals surface area contributed by atoms with E-state index in [2.05, 4.69) is 32.1 Å². The zero-order valence-electron chi connectivity index (χ0n) is 16.2. The second kappa shape index (κ2) is 11.8. The monoisotopic (exact) mass is 481 g/mol. The number of para-hydroxylation sites is 2. The van der Waals surface area contributed by atoms with E-state index in [1.807, 2.05) is 6.92 Å². The molecule has 30 heavy (non-hydrogen) atoms. The molecule has 0 unspecified atom stereocenters. The van der Waals surface area contributed by atoms with Crippen molar-refractivity contribution < 1.29 is 28.2 Å². The third-order valence-corrected chi connectivity index (χ3v) is 4.35. The fraction of sp³-hybridized carbons (Fsp3) is 0.250. The summed E-state index contributed by atoms with van der Waals surface area (Å²) in [6.07, 6.45) is -0.0903. The van der Waals surface area contributed by atoms with Crippen LogP contribution in [0.25, 0.3) is 0 Å². The van der Waals surface area contributed by atoms with Crippen molar-refractivity contribution >= 4 is 33.7 Å². The molecule has 0 aliphatic heterocycles. The number of amides is 3. The normalized spacial score (nSPS) is 10.1. The Hall–Kier alpha value is -3.14. The fourth-order valence-corrected chi connectivity index (χ4v) is 2.71. The van der Waals surface area contributed by atoms with E-state index in [0.29, 0.717) is 22.6 Å². The average Bonchev–Trinajstić information content (AvgIpc) is 2.73. The lowest BCUT2D eigenvalue weighted by molar-refractivity contribution is -0.130. The van der Waals surface area contributed by atoms with Gasteiger partial charge in [-0.1, -0.05) is 12.1 Å². The smallest absolute Gasteiger partial charge is 0.276 e. The first kappa shape index (κ1) is 23.1. The van der Waals surface area contributed by atoms with Crippen molar-refractivity contribution in [2.24, 2.45) is 0 Å². The van der Waals surface area contributed by atoms with E-state index in [9.17, 15) is 18.8 Å². The molecule has 160 valence electrons. The minimum Gasteiger partial charge on any atom is -0.490 e. The molecular formula is C20H21BrFN3O5. The quantitative estimate of drug-likeness (QED) is 0.476. The van der Waals surface area contributed by atoms with Crippen molar-refractivity contribution in [3.63, 3.8) is 0 Å². The standard InChI is InChI=1S/C20H21BrFN3O5/c1-2-29-16-5-3-4-6-17(16)30-12-19(27)25-24-18(26)9-10-23-20(28)14-11-13(22)7-8-15(14)21/h3-8,11H,2,9-10,12H2,1H3,(H,23,28)(H,24,26)(H,25,27). The van der Waals surface area contributed by atoms with Crippen molar-refractivity contribution in [3.05, 3.63) is 58.3 Å². The summed E-state index contributed by atoms with van der Waals surface area (Å²) < 4.78 is 24.5. The zero-order valence-corrected chi connectivity index (χ0v) is 17.8. The largest absolute Gasteiger partial charge is 0.490 e. The van der Waals surface area contributed by atoms with Gasteiger partial charge in [0.25, 0.3) is 11.8 Å². The highest BCUT2D eigenvalue weighted by atomic mass is 79.9. The van der Waals surface area contributed by atoms with Crippen LogP contribution in [-0.4, -0.2) is 37.5 Å². The maximum atomic E-state index is 13.2. The summed E-state index contributed by atoms with van der Waals surface area (Å²) in [7, 11) is 0. The Bertz CT molecular complexity index is 910. The Kier molecular flexibility index (Phi) is 9.07. The summed E-state index contributed by atoms with van der Waals surface area (Å²) in [5, 5.41) is 2.50. The molecule has 0 radical (unpaired) electrons. The predicted octanol–water partition coefficient (Wildman–Crippen LogP) is 2.33. The van der Waals surface area contributed by atoms with Crippen molar-refractivity contribution in [3.8, 4) is 11.5 Å². The molecule has 2 aromatic carbocycles. The van der Waals surface area contributed by atoms with Gasteiger partial charge in [-0.2, -0.15) is 0 Å². The number of rotatable bonds is 9. The van der Waals surface area contributed by atoms with E-state index in [1.165, 1.54) is 12.1 Å². The van der Waals surface area contributed by atoms with E-state index < -0.39 is 23.5 Å². The van der Waals surface area contributed by atoms with E-state index >= 15 is 0 Å². The van der Waals surface area contributed by atoms with Crippen LogP contribution in [-0.2, 0) is 9.59 Å². The van der Waals surface area contributed by atoms with Crippen molar-refractivity contribution in [1.82, 2.24) is 16.2 Å². The number of nitrogens with one attached hydrogen (secondary N) is 3. The summed E-state index contributed by atoms with van der Waals surface area (Å²) in [6, 6.07) is 10.6. The molecule has 8 nitrogen and oxygen atoms in total. The van der Waals surface area contributed by atoms with E-state index in [0.717, 1.165) is 6.07 Å². The van der Waals surface area contributed by atoms with Gasteiger partial charge in [0.15, 0.2) is 18.1 Å². The van der Waals surface area contributed by atoms with Crippen LogP contribution in [0, 0.1) is 5.82 Å². The molecular weight excluding hydrogens is 461 g/mol. The molecule has 0 atom stereocenters. The SMILES string of the molecule is CCOc1ccccc1OCC(=O)NNC(=O)CCNC(=O)c1cc(F)ccc1Br. The summed E-state index contributed by atoms with van der Waals surface area (Å²) in [5.74, 6) is -1.24. The average molecular weight is 482 g/mol. The lowest BCUT2D eigenvalue weighted by Gasteiger charge is -2.12. The molecule has 3 N–H and O–H groups in total. The first-order chi connectivity index (χ1) is 14.4. The molecule has 0 saturated heterocycles. The van der Waals surface area contributed by atoms with E-state index in [4.69, 9.17) is 9.47 Å². The van der Waals surface area contributed by atoms with Gasteiger partial charge < -0.3 is 14.8 Å². The van der Waals surface area contributed by atoms with Crippen LogP contribution < -0.4 is 25.6 Å². The zero-order chi connectivity index (χ0) is 21.9. The Morgan fingerprint density at radius 3 is 2.37 bits per heavy atom. The van der Waals surface area contributed by atoms with E-state index in [1.54, 1.807) is 24.3 Å². The Labute approximate surface area is 181 Å². The summed E-state index contributed by atoms with van der Waals surface area (Å²) >= 11 is 3.16. The number of hydrogen-bond donors (Lipinski definition) is 3. The molecule has 3 amide bonds. The Morgan fingerprint density at radius 2 is 1.67 bits per heavy atom. The minimum atomic E-state index is -0.567. The van der Waals surface area contributed by atoms with Gasteiger partial charge in [-0.15, -0.1) is 0 Å².